The van der Waals surface area contributed by atoms with Gasteiger partial charge in [-0.3, -0.25) is 0 Å². The first-order valence-corrected chi connectivity index (χ1v) is 8.42. The Labute approximate surface area is 136 Å². The number of rotatable bonds is 0. The van der Waals surface area contributed by atoms with Crippen LogP contribution in [0.5, 0.6) is 0 Å². The van der Waals surface area contributed by atoms with Crippen molar-refractivity contribution in [2.45, 2.75) is 42.9 Å². The summed E-state index contributed by atoms with van der Waals surface area (Å²) >= 11 is 13.7. The fourth-order valence-electron chi connectivity index (χ4n) is 4.06. The molecule has 2 aliphatic carbocycles. The topological polar surface area (TPSA) is 0 Å². The van der Waals surface area contributed by atoms with Gasteiger partial charge in [-0.15, -0.1) is 23.2 Å². The van der Waals surface area contributed by atoms with E-state index < -0.39 is 0 Å². The van der Waals surface area contributed by atoms with Crippen LogP contribution in [0.15, 0.2) is 36.4 Å². The van der Waals surface area contributed by atoms with Crippen LogP contribution in [0.2, 0.25) is 0 Å². The van der Waals surface area contributed by atoms with E-state index in [9.17, 15) is 0 Å². The second kappa shape index (κ2) is 4.76. The Hall–Kier alpha value is -0.980. The zero-order valence-electron chi connectivity index (χ0n) is 12.2. The molecule has 2 bridgehead atoms. The largest absolute Gasteiger partial charge is 0.117 e. The maximum Gasteiger partial charge on any atom is 0.0656 e. The number of benzene rings is 2. The van der Waals surface area contributed by atoms with E-state index in [4.69, 9.17) is 23.2 Å². The highest BCUT2D eigenvalue weighted by atomic mass is 35.5. The summed E-state index contributed by atoms with van der Waals surface area (Å²) in [5.41, 5.74) is 7.82. The summed E-state index contributed by atoms with van der Waals surface area (Å²) in [6.45, 7) is 4.26. The fourth-order valence-corrected chi connectivity index (χ4v) is 4.91. The second-order valence-electron chi connectivity index (χ2n) is 6.52. The van der Waals surface area contributed by atoms with Crippen LogP contribution in [0.3, 0.4) is 0 Å². The maximum absolute atomic E-state index is 6.86. The van der Waals surface area contributed by atoms with Crippen molar-refractivity contribution < 1.29 is 0 Å². The maximum atomic E-state index is 6.86. The Kier molecular flexibility index (Phi) is 3.10. The molecule has 0 spiro atoms. The van der Waals surface area contributed by atoms with E-state index in [0.717, 1.165) is 6.42 Å². The smallest absolute Gasteiger partial charge is 0.0656 e. The highest BCUT2D eigenvalue weighted by Crippen LogP contribution is 2.59. The molecule has 0 aliphatic heterocycles. The molecule has 4 unspecified atom stereocenters. The minimum Gasteiger partial charge on any atom is -0.117 e. The molecule has 2 aromatic rings. The van der Waals surface area contributed by atoms with Crippen LogP contribution >= 0.6 is 23.2 Å². The summed E-state index contributed by atoms with van der Waals surface area (Å²) in [6.07, 6.45) is 1.06. The van der Waals surface area contributed by atoms with Gasteiger partial charge in [0.25, 0.3) is 0 Å². The molecule has 4 rings (SSSR count). The zero-order chi connectivity index (χ0) is 14.7. The molecule has 2 aliphatic rings. The molecular formula is C19H18Cl2. The van der Waals surface area contributed by atoms with Crippen molar-refractivity contribution in [3.05, 3.63) is 69.8 Å². The molecule has 0 aromatic heterocycles. The van der Waals surface area contributed by atoms with Crippen LogP contribution in [0.1, 0.15) is 62.4 Å². The molecule has 0 saturated carbocycles. The van der Waals surface area contributed by atoms with Crippen LogP contribution < -0.4 is 0 Å². The van der Waals surface area contributed by atoms with Crippen molar-refractivity contribution in [3.8, 4) is 0 Å². The van der Waals surface area contributed by atoms with Crippen molar-refractivity contribution in [3.63, 3.8) is 0 Å². The summed E-state index contributed by atoms with van der Waals surface area (Å²) in [4.78, 5) is 0. The number of fused-ring (bicyclic) bond motifs is 6. The molecule has 21 heavy (non-hydrogen) atoms. The number of hydrogen-bond donors (Lipinski definition) is 0. The van der Waals surface area contributed by atoms with Gasteiger partial charge in [0.15, 0.2) is 0 Å². The minimum absolute atomic E-state index is 0.0572. The standard InChI is InChI=1S/C19H18Cl2/c1-10-3-5-12-14(7-10)18(20)17-9-16(12)19(21)15-8-11(2)4-6-13(15)17/h3-8,16-19H,9H2,1-2H3. The third kappa shape index (κ3) is 1.96. The predicted octanol–water partition coefficient (Wildman–Crippen LogP) is 6.15. The third-order valence-corrected chi connectivity index (χ3v) is 6.17. The quantitative estimate of drug-likeness (QED) is 0.511. The van der Waals surface area contributed by atoms with Gasteiger partial charge in [0.2, 0.25) is 0 Å². The summed E-state index contributed by atoms with van der Waals surface area (Å²) in [7, 11) is 0. The molecular weight excluding hydrogens is 299 g/mol. The highest BCUT2D eigenvalue weighted by molar-refractivity contribution is 6.23. The Morgan fingerprint density at radius 1 is 0.714 bits per heavy atom. The Morgan fingerprint density at radius 3 is 1.57 bits per heavy atom. The van der Waals surface area contributed by atoms with Gasteiger partial charge in [-0.05, 0) is 42.5 Å². The van der Waals surface area contributed by atoms with Gasteiger partial charge in [0, 0.05) is 11.8 Å². The molecule has 0 amide bonds. The molecule has 2 aromatic carbocycles. The van der Waals surface area contributed by atoms with Gasteiger partial charge >= 0.3 is 0 Å². The first-order valence-electron chi connectivity index (χ1n) is 7.55. The summed E-state index contributed by atoms with van der Waals surface area (Å²) in [5.74, 6) is 0.771. The summed E-state index contributed by atoms with van der Waals surface area (Å²) < 4.78 is 0. The average molecular weight is 317 g/mol. The van der Waals surface area contributed by atoms with Gasteiger partial charge in [-0.1, -0.05) is 47.5 Å². The zero-order valence-corrected chi connectivity index (χ0v) is 13.7. The van der Waals surface area contributed by atoms with Crippen LogP contribution in [0, 0.1) is 13.8 Å². The first kappa shape index (κ1) is 13.7. The lowest BCUT2D eigenvalue weighted by Gasteiger charge is -2.43. The molecule has 0 nitrogen and oxygen atoms in total. The van der Waals surface area contributed by atoms with Crippen molar-refractivity contribution in [2.24, 2.45) is 0 Å². The lowest BCUT2D eigenvalue weighted by Crippen LogP contribution is -2.28. The molecule has 2 heteroatoms. The average Bonchev–Trinajstić information content (AvgIpc) is 2.47. The number of halogens is 2. The minimum atomic E-state index is 0.0572. The summed E-state index contributed by atoms with van der Waals surface area (Å²) in [5, 5.41) is 0.114. The molecule has 0 fully saturated rings. The highest BCUT2D eigenvalue weighted by Gasteiger charge is 2.43. The van der Waals surface area contributed by atoms with E-state index in [1.165, 1.54) is 33.4 Å². The van der Waals surface area contributed by atoms with Crippen LogP contribution in [0.4, 0.5) is 0 Å². The lowest BCUT2D eigenvalue weighted by molar-refractivity contribution is 0.439. The molecule has 0 N–H and O–H groups in total. The van der Waals surface area contributed by atoms with Gasteiger partial charge < -0.3 is 0 Å². The Morgan fingerprint density at radius 2 is 1.14 bits per heavy atom. The molecule has 0 radical (unpaired) electrons. The Balaban J connectivity index is 1.93. The monoisotopic (exact) mass is 316 g/mol. The van der Waals surface area contributed by atoms with Crippen LogP contribution in [0.25, 0.3) is 0 Å². The van der Waals surface area contributed by atoms with E-state index in [1.54, 1.807) is 0 Å². The first-order chi connectivity index (χ1) is 10.1. The summed E-state index contributed by atoms with van der Waals surface area (Å²) in [6, 6.07) is 13.3. The number of alkyl halides is 2. The van der Waals surface area contributed by atoms with Crippen molar-refractivity contribution in [1.82, 2.24) is 0 Å². The number of hydrogen-bond acceptors (Lipinski definition) is 0. The molecule has 0 heterocycles. The second-order valence-corrected chi connectivity index (χ2v) is 7.46. The van der Waals surface area contributed by atoms with E-state index >= 15 is 0 Å². The molecule has 0 saturated heterocycles. The number of aryl methyl sites for hydroxylation is 2. The van der Waals surface area contributed by atoms with E-state index in [-0.39, 0.29) is 10.8 Å². The van der Waals surface area contributed by atoms with Crippen molar-refractivity contribution in [2.75, 3.05) is 0 Å². The van der Waals surface area contributed by atoms with E-state index in [0.29, 0.717) is 11.8 Å². The normalized spacial score (nSPS) is 29.7. The van der Waals surface area contributed by atoms with Gasteiger partial charge in [0.05, 0.1) is 10.8 Å². The van der Waals surface area contributed by atoms with Gasteiger partial charge in [0.1, 0.15) is 0 Å². The fraction of sp³-hybridized carbons (Fsp3) is 0.368. The van der Waals surface area contributed by atoms with E-state index in [1.807, 2.05) is 0 Å². The molecule has 108 valence electrons. The van der Waals surface area contributed by atoms with Gasteiger partial charge in [-0.2, -0.15) is 0 Å². The SMILES string of the molecule is Cc1ccc2c(c1)C(Cl)C1CC2C(Cl)c2cc(C)ccc21. The lowest BCUT2D eigenvalue weighted by atomic mass is 9.66. The van der Waals surface area contributed by atoms with Crippen molar-refractivity contribution >= 4 is 23.2 Å². The Bertz CT molecular complexity index is 658. The van der Waals surface area contributed by atoms with Crippen molar-refractivity contribution in [1.29, 1.82) is 0 Å². The third-order valence-electron chi connectivity index (χ3n) is 5.09. The van der Waals surface area contributed by atoms with E-state index in [2.05, 4.69) is 50.2 Å². The molecule has 4 atom stereocenters. The predicted molar refractivity (Wildman–Crippen MR) is 89.6 cm³/mol. The van der Waals surface area contributed by atoms with Gasteiger partial charge in [-0.25, -0.2) is 0 Å². The van der Waals surface area contributed by atoms with Crippen LogP contribution in [-0.4, -0.2) is 0 Å². The van der Waals surface area contributed by atoms with Crippen LogP contribution in [-0.2, 0) is 0 Å².